The molecule has 2 aromatic rings. The van der Waals surface area contributed by atoms with Gasteiger partial charge in [0, 0.05) is 44.7 Å². The molecule has 1 aliphatic rings. The van der Waals surface area contributed by atoms with Gasteiger partial charge in [0.25, 0.3) is 5.91 Å². The first-order chi connectivity index (χ1) is 11.3. The molecule has 0 saturated carbocycles. The van der Waals surface area contributed by atoms with Crippen molar-refractivity contribution < 1.29 is 9.53 Å². The average molecular weight is 311 g/mol. The van der Waals surface area contributed by atoms with Crippen LogP contribution in [-0.2, 0) is 11.3 Å². The number of nitrogens with zero attached hydrogens (tertiary/aromatic N) is 2. The Labute approximate surface area is 136 Å². The number of rotatable bonds is 4. The highest BCUT2D eigenvalue weighted by Crippen LogP contribution is 2.23. The van der Waals surface area contributed by atoms with Gasteiger partial charge in [-0.15, -0.1) is 0 Å². The topological polar surface area (TPSA) is 54.5 Å². The Balaban J connectivity index is 1.81. The number of nitrogens with one attached hydrogen (secondary N) is 1. The predicted molar refractivity (Wildman–Crippen MR) is 88.0 cm³/mol. The van der Waals surface area contributed by atoms with Crippen molar-refractivity contribution in [3.05, 3.63) is 65.5 Å². The minimum Gasteiger partial charge on any atom is -0.380 e. The van der Waals surface area contributed by atoms with Gasteiger partial charge in [-0.05, 0) is 35.4 Å². The highest BCUT2D eigenvalue weighted by molar-refractivity contribution is 5.94. The number of pyridine rings is 1. The number of carbonyl (C=O) groups is 1. The Hall–Kier alpha value is -2.24. The number of hydrogen-bond donors (Lipinski definition) is 1. The van der Waals surface area contributed by atoms with E-state index in [1.807, 2.05) is 41.3 Å². The zero-order chi connectivity index (χ0) is 16.1. The monoisotopic (exact) mass is 311 g/mol. The summed E-state index contributed by atoms with van der Waals surface area (Å²) in [5.41, 5.74) is 2.89. The van der Waals surface area contributed by atoms with E-state index in [9.17, 15) is 4.79 Å². The van der Waals surface area contributed by atoms with Gasteiger partial charge in [0.05, 0.1) is 12.6 Å². The molecule has 0 spiro atoms. The number of hydrogen-bond acceptors (Lipinski definition) is 4. The number of aromatic nitrogens is 1. The van der Waals surface area contributed by atoms with E-state index in [1.54, 1.807) is 19.5 Å². The molecule has 0 unspecified atom stereocenters. The molecule has 0 aliphatic carbocycles. The van der Waals surface area contributed by atoms with Crippen LogP contribution in [0.15, 0.2) is 48.8 Å². The lowest BCUT2D eigenvalue weighted by atomic mass is 10.0. The highest BCUT2D eigenvalue weighted by Gasteiger charge is 2.28. The van der Waals surface area contributed by atoms with Crippen LogP contribution in [0.4, 0.5) is 0 Å². The molecule has 5 nitrogen and oxygen atoms in total. The van der Waals surface area contributed by atoms with Gasteiger partial charge in [0.2, 0.25) is 0 Å². The fourth-order valence-corrected chi connectivity index (χ4v) is 2.91. The minimum absolute atomic E-state index is 0.0397. The van der Waals surface area contributed by atoms with Crippen molar-refractivity contribution >= 4 is 5.91 Å². The molecule has 1 saturated heterocycles. The highest BCUT2D eigenvalue weighted by atomic mass is 16.5. The van der Waals surface area contributed by atoms with E-state index in [0.717, 1.165) is 24.2 Å². The summed E-state index contributed by atoms with van der Waals surface area (Å²) in [6, 6.07) is 11.6. The van der Waals surface area contributed by atoms with E-state index >= 15 is 0 Å². The lowest BCUT2D eigenvalue weighted by molar-refractivity contribution is 0.0634. The van der Waals surface area contributed by atoms with Crippen LogP contribution in [0.2, 0.25) is 0 Å². The molecule has 1 aliphatic heterocycles. The molecule has 2 heterocycles. The van der Waals surface area contributed by atoms with Crippen LogP contribution >= 0.6 is 0 Å². The van der Waals surface area contributed by atoms with Gasteiger partial charge in [0.1, 0.15) is 0 Å². The average Bonchev–Trinajstić information content (AvgIpc) is 2.63. The van der Waals surface area contributed by atoms with Gasteiger partial charge < -0.3 is 15.0 Å². The van der Waals surface area contributed by atoms with Crippen LogP contribution in [0, 0.1) is 0 Å². The zero-order valence-electron chi connectivity index (χ0n) is 13.2. The SMILES string of the molecule is COCc1ccc(C(=O)N2CCNC[C@H]2c2ccncc2)cc1. The first-order valence-corrected chi connectivity index (χ1v) is 7.79. The molecule has 0 bridgehead atoms. The summed E-state index contributed by atoms with van der Waals surface area (Å²) >= 11 is 0. The second-order valence-electron chi connectivity index (χ2n) is 5.63. The lowest BCUT2D eigenvalue weighted by Crippen LogP contribution is -2.48. The van der Waals surface area contributed by atoms with E-state index in [-0.39, 0.29) is 11.9 Å². The molecule has 1 atom stereocenters. The summed E-state index contributed by atoms with van der Waals surface area (Å²) in [6.07, 6.45) is 3.54. The molecule has 5 heteroatoms. The summed E-state index contributed by atoms with van der Waals surface area (Å²) in [4.78, 5) is 18.9. The molecule has 23 heavy (non-hydrogen) atoms. The van der Waals surface area contributed by atoms with E-state index in [1.165, 1.54) is 0 Å². The normalized spacial score (nSPS) is 18.0. The number of benzene rings is 1. The number of carbonyl (C=O) groups excluding carboxylic acids is 1. The van der Waals surface area contributed by atoms with E-state index < -0.39 is 0 Å². The third-order valence-electron chi connectivity index (χ3n) is 4.11. The quantitative estimate of drug-likeness (QED) is 0.938. The van der Waals surface area contributed by atoms with Crippen LogP contribution in [0.1, 0.15) is 27.5 Å². The van der Waals surface area contributed by atoms with E-state index in [4.69, 9.17) is 4.74 Å². The van der Waals surface area contributed by atoms with Crippen molar-refractivity contribution in [3.63, 3.8) is 0 Å². The van der Waals surface area contributed by atoms with Crippen LogP contribution in [-0.4, -0.2) is 42.5 Å². The third kappa shape index (κ3) is 3.57. The number of amides is 1. The van der Waals surface area contributed by atoms with Gasteiger partial charge in [-0.1, -0.05) is 12.1 Å². The maximum atomic E-state index is 12.9. The Morgan fingerprint density at radius 3 is 2.70 bits per heavy atom. The van der Waals surface area contributed by atoms with Crippen LogP contribution in [0.25, 0.3) is 0 Å². The molecule has 1 fully saturated rings. The molecule has 3 rings (SSSR count). The summed E-state index contributed by atoms with van der Waals surface area (Å²) in [5.74, 6) is 0.0669. The molecular weight excluding hydrogens is 290 g/mol. The van der Waals surface area contributed by atoms with Crippen LogP contribution in [0.3, 0.4) is 0 Å². The Morgan fingerprint density at radius 1 is 1.26 bits per heavy atom. The van der Waals surface area contributed by atoms with E-state index in [0.29, 0.717) is 18.7 Å². The zero-order valence-corrected chi connectivity index (χ0v) is 13.2. The van der Waals surface area contributed by atoms with Crippen molar-refractivity contribution in [2.75, 3.05) is 26.7 Å². The van der Waals surface area contributed by atoms with E-state index in [2.05, 4.69) is 10.3 Å². The smallest absolute Gasteiger partial charge is 0.254 e. The predicted octanol–water partition coefficient (Wildman–Crippen LogP) is 2.01. The Kier molecular flexibility index (Phi) is 5.00. The van der Waals surface area contributed by atoms with Crippen molar-refractivity contribution in [2.24, 2.45) is 0 Å². The van der Waals surface area contributed by atoms with Crippen molar-refractivity contribution in [2.45, 2.75) is 12.6 Å². The summed E-state index contributed by atoms with van der Waals surface area (Å²) in [5, 5.41) is 3.36. The first-order valence-electron chi connectivity index (χ1n) is 7.79. The van der Waals surface area contributed by atoms with Gasteiger partial charge in [-0.3, -0.25) is 9.78 Å². The number of piperazine rings is 1. The molecule has 1 aromatic heterocycles. The lowest BCUT2D eigenvalue weighted by Gasteiger charge is -2.36. The minimum atomic E-state index is 0.0397. The third-order valence-corrected chi connectivity index (χ3v) is 4.11. The van der Waals surface area contributed by atoms with Gasteiger partial charge >= 0.3 is 0 Å². The summed E-state index contributed by atoms with van der Waals surface area (Å²) in [6.45, 7) is 2.83. The molecular formula is C18H21N3O2. The van der Waals surface area contributed by atoms with Crippen molar-refractivity contribution in [1.29, 1.82) is 0 Å². The first kappa shape index (κ1) is 15.6. The summed E-state index contributed by atoms with van der Waals surface area (Å²) in [7, 11) is 1.67. The van der Waals surface area contributed by atoms with Crippen LogP contribution < -0.4 is 5.32 Å². The second kappa shape index (κ2) is 7.35. The number of methoxy groups -OCH3 is 1. The fraction of sp³-hybridized carbons (Fsp3) is 0.333. The maximum Gasteiger partial charge on any atom is 0.254 e. The Morgan fingerprint density at radius 2 is 2.00 bits per heavy atom. The molecule has 120 valence electrons. The Bertz CT molecular complexity index is 643. The fourth-order valence-electron chi connectivity index (χ4n) is 2.91. The standard InChI is InChI=1S/C18H21N3O2/c1-23-13-14-2-4-16(5-3-14)18(22)21-11-10-20-12-17(21)15-6-8-19-9-7-15/h2-9,17,20H,10-13H2,1H3/t17-/m0/s1. The van der Waals surface area contributed by atoms with Gasteiger partial charge in [-0.2, -0.15) is 0 Å². The molecule has 1 aromatic carbocycles. The maximum absolute atomic E-state index is 12.9. The molecule has 0 radical (unpaired) electrons. The molecule has 1 amide bonds. The van der Waals surface area contributed by atoms with Crippen molar-refractivity contribution in [1.82, 2.24) is 15.2 Å². The molecule has 1 N–H and O–H groups in total. The largest absolute Gasteiger partial charge is 0.380 e. The number of ether oxygens (including phenoxy) is 1. The second-order valence-corrected chi connectivity index (χ2v) is 5.63. The summed E-state index contributed by atoms with van der Waals surface area (Å²) < 4.78 is 5.11. The van der Waals surface area contributed by atoms with Crippen LogP contribution in [0.5, 0.6) is 0 Å². The van der Waals surface area contributed by atoms with Gasteiger partial charge in [0.15, 0.2) is 0 Å². The van der Waals surface area contributed by atoms with Gasteiger partial charge in [-0.25, -0.2) is 0 Å². The van der Waals surface area contributed by atoms with Crippen molar-refractivity contribution in [3.8, 4) is 0 Å².